The molecule has 3 N–H and O–H groups in total. The van der Waals surface area contributed by atoms with E-state index in [0.717, 1.165) is 22.3 Å². The molecule has 10 heteroatoms. The number of aryl methyl sites for hydroxylation is 2. The molecule has 0 fully saturated rings. The molecular weight excluding hydrogens is 439 g/mol. The van der Waals surface area contributed by atoms with E-state index in [0.29, 0.717) is 0 Å². The van der Waals surface area contributed by atoms with Crippen LogP contribution in [0.1, 0.15) is 22.3 Å². The average Bonchev–Trinajstić information content (AvgIpc) is 3.05. The van der Waals surface area contributed by atoms with Gasteiger partial charge >= 0.3 is 13.8 Å². The molecule has 2 atom stereocenters. The van der Waals surface area contributed by atoms with Gasteiger partial charge in [-0.3, -0.25) is 4.52 Å². The molecule has 1 heterocycles. The number of ether oxygens (including phenoxy) is 3. The van der Waals surface area contributed by atoms with Crippen LogP contribution in [0.4, 0.5) is 0 Å². The molecule has 0 bridgehead atoms. The zero-order valence-electron chi connectivity index (χ0n) is 17.6. The molecule has 9 nitrogen and oxygen atoms in total. The van der Waals surface area contributed by atoms with Gasteiger partial charge in [0.2, 0.25) is 5.76 Å². The Labute approximate surface area is 185 Å². The van der Waals surface area contributed by atoms with E-state index in [2.05, 4.69) is 4.52 Å². The van der Waals surface area contributed by atoms with Crippen molar-refractivity contribution >= 4 is 13.8 Å². The van der Waals surface area contributed by atoms with Crippen molar-refractivity contribution in [2.75, 3.05) is 6.61 Å². The van der Waals surface area contributed by atoms with Crippen LogP contribution in [0, 0.1) is 13.8 Å². The zero-order chi connectivity index (χ0) is 23.3. The number of hydrogen-bond acceptors (Lipinski definition) is 7. The lowest BCUT2D eigenvalue weighted by Crippen LogP contribution is -2.34. The van der Waals surface area contributed by atoms with Crippen molar-refractivity contribution in [2.45, 2.75) is 39.3 Å². The minimum atomic E-state index is -4.98. The summed E-state index contributed by atoms with van der Waals surface area (Å²) in [4.78, 5) is 30.8. The maximum atomic E-state index is 12.5. The van der Waals surface area contributed by atoms with Crippen LogP contribution >= 0.6 is 7.82 Å². The molecule has 3 rings (SSSR count). The lowest BCUT2D eigenvalue weighted by atomic mass is 10.1. The number of carbonyl (C=O) groups excluding carboxylic acids is 1. The minimum absolute atomic E-state index is 0.0359. The van der Waals surface area contributed by atoms with Gasteiger partial charge in [-0.05, 0) is 25.0 Å². The molecule has 172 valence electrons. The fraction of sp³-hybridized carbons (Fsp3) is 0.318. The lowest BCUT2D eigenvalue weighted by Gasteiger charge is -2.23. The fourth-order valence-electron chi connectivity index (χ4n) is 3.02. The summed E-state index contributed by atoms with van der Waals surface area (Å²) in [7, 11) is -4.98. The number of phosphoric acid groups is 1. The van der Waals surface area contributed by atoms with Gasteiger partial charge in [-0.15, -0.1) is 0 Å². The second-order valence-electron chi connectivity index (χ2n) is 7.38. The Balaban J connectivity index is 1.86. The summed E-state index contributed by atoms with van der Waals surface area (Å²) in [6, 6.07) is 14.9. The first-order valence-corrected chi connectivity index (χ1v) is 11.4. The Bertz CT molecular complexity index is 1010. The maximum Gasteiger partial charge on any atom is 0.470 e. The van der Waals surface area contributed by atoms with Crippen LogP contribution in [0.5, 0.6) is 0 Å². The molecular formula is C22H25O9P. The van der Waals surface area contributed by atoms with Gasteiger partial charge in [-0.25, -0.2) is 9.36 Å². The number of carbonyl (C=O) groups is 1. The van der Waals surface area contributed by atoms with Crippen LogP contribution in [-0.2, 0) is 41.3 Å². The summed E-state index contributed by atoms with van der Waals surface area (Å²) in [5.41, 5.74) is 3.71. The van der Waals surface area contributed by atoms with Crippen LogP contribution in [0.15, 0.2) is 60.0 Å². The molecule has 2 aromatic carbocycles. The summed E-state index contributed by atoms with van der Waals surface area (Å²) >= 11 is 0. The van der Waals surface area contributed by atoms with Crippen LogP contribution in [0.2, 0.25) is 0 Å². The third kappa shape index (κ3) is 6.41. The van der Waals surface area contributed by atoms with Gasteiger partial charge in [0.15, 0.2) is 11.9 Å². The molecule has 1 aliphatic heterocycles. The normalized spacial score (nSPS) is 17.3. The van der Waals surface area contributed by atoms with E-state index >= 15 is 0 Å². The summed E-state index contributed by atoms with van der Waals surface area (Å²) in [5, 5.41) is 9.61. The smallest absolute Gasteiger partial charge is 0.470 e. The van der Waals surface area contributed by atoms with E-state index in [9.17, 15) is 14.5 Å². The summed E-state index contributed by atoms with van der Waals surface area (Å²) < 4.78 is 32.6. The van der Waals surface area contributed by atoms with E-state index in [1.807, 2.05) is 62.4 Å². The quantitative estimate of drug-likeness (QED) is 0.359. The van der Waals surface area contributed by atoms with Crippen molar-refractivity contribution in [2.24, 2.45) is 0 Å². The fourth-order valence-corrected chi connectivity index (χ4v) is 3.55. The van der Waals surface area contributed by atoms with Crippen LogP contribution in [0.3, 0.4) is 0 Å². The Morgan fingerprint density at radius 3 is 1.91 bits per heavy atom. The molecule has 0 saturated heterocycles. The van der Waals surface area contributed by atoms with Crippen molar-refractivity contribution in [1.82, 2.24) is 0 Å². The molecule has 0 spiro atoms. The Morgan fingerprint density at radius 2 is 1.44 bits per heavy atom. The highest BCUT2D eigenvalue weighted by Crippen LogP contribution is 2.41. The number of phosphoric ester groups is 1. The highest BCUT2D eigenvalue weighted by atomic mass is 31.2. The summed E-state index contributed by atoms with van der Waals surface area (Å²) in [5.74, 6) is -1.22. The van der Waals surface area contributed by atoms with Crippen molar-refractivity contribution in [3.8, 4) is 0 Å². The van der Waals surface area contributed by atoms with Gasteiger partial charge in [-0.1, -0.05) is 59.7 Å². The number of cyclic esters (lactones) is 1. The highest BCUT2D eigenvalue weighted by Gasteiger charge is 2.45. The third-order valence-corrected chi connectivity index (χ3v) is 5.26. The SMILES string of the molecule is Cc1ccc(COC2=C(OCc3ccc(C)cc3)C(C(CO)OP(=O)(O)O)OC2=O)cc1. The maximum absolute atomic E-state index is 12.5. The van der Waals surface area contributed by atoms with E-state index in [1.54, 1.807) is 0 Å². The Hall–Kier alpha value is -2.68. The lowest BCUT2D eigenvalue weighted by molar-refractivity contribution is -0.148. The molecule has 32 heavy (non-hydrogen) atoms. The average molecular weight is 464 g/mol. The second-order valence-corrected chi connectivity index (χ2v) is 8.58. The minimum Gasteiger partial charge on any atom is -0.485 e. The molecule has 0 saturated carbocycles. The van der Waals surface area contributed by atoms with Gasteiger partial charge in [-0.2, -0.15) is 0 Å². The molecule has 2 unspecified atom stereocenters. The van der Waals surface area contributed by atoms with E-state index in [4.69, 9.17) is 24.0 Å². The van der Waals surface area contributed by atoms with Crippen LogP contribution in [-0.4, -0.2) is 39.7 Å². The van der Waals surface area contributed by atoms with Gasteiger partial charge in [0.1, 0.15) is 19.3 Å². The Kier molecular flexibility index (Phi) is 7.71. The topological polar surface area (TPSA) is 132 Å². The van der Waals surface area contributed by atoms with Gasteiger partial charge in [0.05, 0.1) is 6.61 Å². The van der Waals surface area contributed by atoms with Crippen molar-refractivity contribution < 1.29 is 43.0 Å². The van der Waals surface area contributed by atoms with Crippen LogP contribution < -0.4 is 0 Å². The molecule has 0 aliphatic carbocycles. The summed E-state index contributed by atoms with van der Waals surface area (Å²) in [6.07, 6.45) is -2.94. The molecule has 1 aliphatic rings. The first-order valence-electron chi connectivity index (χ1n) is 9.83. The molecule has 0 aromatic heterocycles. The number of hydrogen-bond donors (Lipinski definition) is 3. The predicted molar refractivity (Wildman–Crippen MR) is 113 cm³/mol. The van der Waals surface area contributed by atoms with Crippen LogP contribution in [0.25, 0.3) is 0 Å². The summed E-state index contributed by atoms with van der Waals surface area (Å²) in [6.45, 7) is 3.13. The number of aliphatic hydroxyl groups is 1. The standard InChI is InChI=1S/C22H25O9P/c1-14-3-7-16(8-4-14)12-28-20-19(18(11-23)31-32(25,26)27)30-22(24)21(20)29-13-17-9-5-15(2)6-10-17/h3-10,18-19,23H,11-13H2,1-2H3,(H2,25,26,27). The zero-order valence-corrected chi connectivity index (χ0v) is 18.5. The monoisotopic (exact) mass is 464 g/mol. The Morgan fingerprint density at radius 1 is 0.938 bits per heavy atom. The largest absolute Gasteiger partial charge is 0.485 e. The van der Waals surface area contributed by atoms with E-state index in [-0.39, 0.29) is 24.7 Å². The number of esters is 1. The van der Waals surface area contributed by atoms with Crippen molar-refractivity contribution in [3.05, 3.63) is 82.3 Å². The number of rotatable bonds is 10. The third-order valence-electron chi connectivity index (χ3n) is 4.71. The van der Waals surface area contributed by atoms with Gasteiger partial charge in [0.25, 0.3) is 0 Å². The molecule has 2 aromatic rings. The van der Waals surface area contributed by atoms with E-state index < -0.39 is 32.6 Å². The number of aliphatic hydroxyl groups excluding tert-OH is 1. The first-order chi connectivity index (χ1) is 15.2. The van der Waals surface area contributed by atoms with Gasteiger partial charge in [0, 0.05) is 0 Å². The second kappa shape index (κ2) is 10.3. The number of benzene rings is 2. The first kappa shape index (κ1) is 24.0. The predicted octanol–water partition coefficient (Wildman–Crippen LogP) is 2.64. The van der Waals surface area contributed by atoms with E-state index in [1.165, 1.54) is 0 Å². The van der Waals surface area contributed by atoms with Gasteiger partial charge < -0.3 is 29.1 Å². The molecule has 0 radical (unpaired) electrons. The van der Waals surface area contributed by atoms with Crippen molar-refractivity contribution in [3.63, 3.8) is 0 Å². The highest BCUT2D eigenvalue weighted by molar-refractivity contribution is 7.46. The molecule has 0 amide bonds. The van der Waals surface area contributed by atoms with Crippen molar-refractivity contribution in [1.29, 1.82) is 0 Å².